The monoisotopic (exact) mass is 399 g/mol. The average molecular weight is 400 g/mol. The molecule has 0 aliphatic carbocycles. The van der Waals surface area contributed by atoms with Gasteiger partial charge in [-0.15, -0.1) is 10.2 Å². The molecule has 1 unspecified atom stereocenters. The molecule has 0 bridgehead atoms. The second-order valence-electron chi connectivity index (χ2n) is 7.96. The zero-order chi connectivity index (χ0) is 20.1. The van der Waals surface area contributed by atoms with Crippen LogP contribution in [0.25, 0.3) is 0 Å². The molecule has 9 nitrogen and oxygen atoms in total. The smallest absolute Gasteiger partial charge is 0.191 e. The molecule has 0 aromatic carbocycles. The van der Waals surface area contributed by atoms with Crippen LogP contribution in [0.2, 0.25) is 0 Å². The van der Waals surface area contributed by atoms with Gasteiger partial charge in [0.1, 0.15) is 17.5 Å². The summed E-state index contributed by atoms with van der Waals surface area (Å²) in [6.45, 7) is 4.87. The minimum absolute atomic E-state index is 0.326. The molecule has 2 N–H and O–H groups in total. The molecule has 0 saturated carbocycles. The van der Waals surface area contributed by atoms with Gasteiger partial charge in [0.2, 0.25) is 0 Å². The van der Waals surface area contributed by atoms with Crippen molar-refractivity contribution < 1.29 is 0 Å². The van der Waals surface area contributed by atoms with Crippen molar-refractivity contribution in [3.8, 4) is 0 Å². The van der Waals surface area contributed by atoms with Crippen LogP contribution in [0.4, 0.5) is 0 Å². The summed E-state index contributed by atoms with van der Waals surface area (Å²) in [6.07, 6.45) is 9.68. The Bertz CT molecular complexity index is 835. The number of aryl methyl sites for hydroxylation is 4. The van der Waals surface area contributed by atoms with E-state index in [0.29, 0.717) is 6.04 Å². The molecule has 0 spiro atoms. The fraction of sp³-hybridized carbons (Fsp3) is 0.750. The van der Waals surface area contributed by atoms with E-state index in [1.54, 1.807) is 0 Å². The Morgan fingerprint density at radius 3 is 2.97 bits per heavy atom. The van der Waals surface area contributed by atoms with Crippen LogP contribution in [-0.2, 0) is 38.8 Å². The van der Waals surface area contributed by atoms with Gasteiger partial charge in [-0.05, 0) is 25.7 Å². The second kappa shape index (κ2) is 9.37. The summed E-state index contributed by atoms with van der Waals surface area (Å²) in [5.41, 5.74) is 0. The molecular weight excluding hydrogens is 366 g/mol. The Kier molecular flexibility index (Phi) is 6.41. The van der Waals surface area contributed by atoms with E-state index in [0.717, 1.165) is 81.6 Å². The first-order valence-electron chi connectivity index (χ1n) is 11.1. The SMILES string of the molecule is CCc1nc2n(n1)CC(NC(=NC)NCCCc1nnc3n1CCCCC3)CC2. The maximum Gasteiger partial charge on any atom is 0.191 e. The van der Waals surface area contributed by atoms with E-state index in [9.17, 15) is 0 Å². The lowest BCUT2D eigenvalue weighted by Crippen LogP contribution is -2.47. The van der Waals surface area contributed by atoms with E-state index in [1.165, 1.54) is 25.1 Å². The molecule has 2 aliphatic rings. The lowest BCUT2D eigenvalue weighted by molar-refractivity contribution is 0.392. The van der Waals surface area contributed by atoms with Gasteiger partial charge in [-0.2, -0.15) is 5.10 Å². The first-order chi connectivity index (χ1) is 14.3. The van der Waals surface area contributed by atoms with Gasteiger partial charge in [0, 0.05) is 51.9 Å². The topological polar surface area (TPSA) is 97.8 Å². The third-order valence-corrected chi connectivity index (χ3v) is 5.84. The molecule has 1 atom stereocenters. The van der Waals surface area contributed by atoms with Gasteiger partial charge < -0.3 is 15.2 Å². The normalized spacial score (nSPS) is 19.4. The van der Waals surface area contributed by atoms with Gasteiger partial charge >= 0.3 is 0 Å². The van der Waals surface area contributed by atoms with E-state index in [4.69, 9.17) is 0 Å². The number of hydrogen-bond acceptors (Lipinski definition) is 5. The van der Waals surface area contributed by atoms with E-state index < -0.39 is 0 Å². The molecule has 2 aromatic rings. The van der Waals surface area contributed by atoms with Crippen LogP contribution in [0.3, 0.4) is 0 Å². The van der Waals surface area contributed by atoms with Crippen LogP contribution in [-0.4, -0.2) is 55.1 Å². The highest BCUT2D eigenvalue weighted by Gasteiger charge is 2.22. The summed E-state index contributed by atoms with van der Waals surface area (Å²) in [5.74, 6) is 5.20. The van der Waals surface area contributed by atoms with Crippen LogP contribution in [0, 0.1) is 0 Å². The van der Waals surface area contributed by atoms with Crippen molar-refractivity contribution in [2.24, 2.45) is 4.99 Å². The largest absolute Gasteiger partial charge is 0.356 e. The third kappa shape index (κ3) is 4.76. The average Bonchev–Trinajstić information content (AvgIpc) is 3.25. The Morgan fingerprint density at radius 1 is 1.17 bits per heavy atom. The van der Waals surface area contributed by atoms with E-state index in [-0.39, 0.29) is 0 Å². The maximum atomic E-state index is 4.59. The van der Waals surface area contributed by atoms with Crippen molar-refractivity contribution in [3.63, 3.8) is 0 Å². The van der Waals surface area contributed by atoms with Crippen LogP contribution in [0.5, 0.6) is 0 Å². The zero-order valence-electron chi connectivity index (χ0n) is 17.7. The van der Waals surface area contributed by atoms with Crippen molar-refractivity contribution >= 4 is 5.96 Å². The van der Waals surface area contributed by atoms with Crippen molar-refractivity contribution in [2.45, 2.75) is 83.8 Å². The molecule has 0 amide bonds. The quantitative estimate of drug-likeness (QED) is 0.431. The Balaban J connectivity index is 1.23. The van der Waals surface area contributed by atoms with Gasteiger partial charge in [0.25, 0.3) is 0 Å². The Hall–Kier alpha value is -2.45. The number of rotatable bonds is 6. The van der Waals surface area contributed by atoms with E-state index in [1.807, 2.05) is 11.7 Å². The van der Waals surface area contributed by atoms with Crippen LogP contribution >= 0.6 is 0 Å². The predicted octanol–water partition coefficient (Wildman–Crippen LogP) is 1.27. The van der Waals surface area contributed by atoms with Gasteiger partial charge in [-0.25, -0.2) is 9.67 Å². The van der Waals surface area contributed by atoms with E-state index in [2.05, 4.69) is 47.4 Å². The standard InChI is InChI=1S/C20H33N9/c1-3-16-24-17-11-10-15(14-29(17)27-16)23-20(21-2)22-12-7-9-19-26-25-18-8-5-4-6-13-28(18)19/h15H,3-14H2,1-2H3,(H2,21,22,23). The maximum absolute atomic E-state index is 4.59. The molecule has 4 heterocycles. The minimum Gasteiger partial charge on any atom is -0.356 e. The molecule has 2 aliphatic heterocycles. The van der Waals surface area contributed by atoms with Crippen LogP contribution in [0.1, 0.15) is 62.3 Å². The number of guanidine groups is 1. The van der Waals surface area contributed by atoms with Gasteiger partial charge in [0.05, 0.1) is 6.54 Å². The minimum atomic E-state index is 0.326. The fourth-order valence-electron chi connectivity index (χ4n) is 4.20. The molecular formula is C20H33N9. The van der Waals surface area contributed by atoms with Crippen LogP contribution < -0.4 is 10.6 Å². The fourth-order valence-corrected chi connectivity index (χ4v) is 4.20. The molecule has 29 heavy (non-hydrogen) atoms. The third-order valence-electron chi connectivity index (χ3n) is 5.84. The molecule has 0 fully saturated rings. The number of fused-ring (bicyclic) bond motifs is 2. The molecule has 0 radical (unpaired) electrons. The first-order valence-corrected chi connectivity index (χ1v) is 11.1. The Labute approximate surface area is 172 Å². The summed E-state index contributed by atoms with van der Waals surface area (Å²) in [7, 11) is 1.83. The molecule has 2 aromatic heterocycles. The van der Waals surface area contributed by atoms with Crippen molar-refractivity contribution in [3.05, 3.63) is 23.3 Å². The highest BCUT2D eigenvalue weighted by atomic mass is 15.4. The van der Waals surface area contributed by atoms with Crippen molar-refractivity contribution in [2.75, 3.05) is 13.6 Å². The zero-order valence-corrected chi connectivity index (χ0v) is 17.7. The summed E-state index contributed by atoms with van der Waals surface area (Å²) in [6, 6.07) is 0.326. The number of hydrogen-bond donors (Lipinski definition) is 2. The van der Waals surface area contributed by atoms with Gasteiger partial charge in [-0.1, -0.05) is 13.3 Å². The summed E-state index contributed by atoms with van der Waals surface area (Å²) >= 11 is 0. The lowest BCUT2D eigenvalue weighted by atomic mass is 10.1. The molecule has 9 heteroatoms. The molecule has 4 rings (SSSR count). The lowest BCUT2D eigenvalue weighted by Gasteiger charge is -2.25. The number of nitrogens with zero attached hydrogens (tertiary/aromatic N) is 7. The second-order valence-corrected chi connectivity index (χ2v) is 7.96. The van der Waals surface area contributed by atoms with E-state index >= 15 is 0 Å². The number of aromatic nitrogens is 6. The van der Waals surface area contributed by atoms with Gasteiger partial charge in [0.15, 0.2) is 11.8 Å². The molecule has 0 saturated heterocycles. The van der Waals surface area contributed by atoms with Gasteiger partial charge in [-0.3, -0.25) is 4.99 Å². The Morgan fingerprint density at radius 2 is 2.10 bits per heavy atom. The summed E-state index contributed by atoms with van der Waals surface area (Å²) in [5, 5.41) is 20.4. The summed E-state index contributed by atoms with van der Waals surface area (Å²) < 4.78 is 4.38. The predicted molar refractivity (Wildman–Crippen MR) is 112 cm³/mol. The highest BCUT2D eigenvalue weighted by Crippen LogP contribution is 2.15. The van der Waals surface area contributed by atoms with Crippen molar-refractivity contribution in [1.29, 1.82) is 0 Å². The number of aliphatic imine (C=N–C) groups is 1. The molecule has 158 valence electrons. The first kappa shape index (κ1) is 19.8. The van der Waals surface area contributed by atoms with Crippen LogP contribution in [0.15, 0.2) is 4.99 Å². The van der Waals surface area contributed by atoms with Crippen molar-refractivity contribution in [1.82, 2.24) is 40.2 Å². The number of nitrogens with one attached hydrogen (secondary N) is 2. The highest BCUT2D eigenvalue weighted by molar-refractivity contribution is 5.79. The summed E-state index contributed by atoms with van der Waals surface area (Å²) in [4.78, 5) is 8.98.